The third-order valence-electron chi connectivity index (χ3n) is 3.30. The van der Waals surface area contributed by atoms with E-state index in [1.165, 1.54) is 6.21 Å². The Balaban J connectivity index is 1.81. The van der Waals surface area contributed by atoms with Crippen LogP contribution in [0.15, 0.2) is 53.8 Å². The minimum Gasteiger partial charge on any atom is -0.266 e. The van der Waals surface area contributed by atoms with Crippen LogP contribution in [0, 0.1) is 6.92 Å². The molecule has 2 heterocycles. The van der Waals surface area contributed by atoms with Crippen LogP contribution in [-0.4, -0.2) is 22.1 Å². The number of para-hydroxylation sites is 1. The second-order valence-corrected chi connectivity index (χ2v) is 5.29. The Morgan fingerprint density at radius 3 is 2.91 bits per heavy atom. The molecule has 5 nitrogen and oxygen atoms in total. The zero-order valence-electron chi connectivity index (χ0n) is 12.3. The molecule has 0 fully saturated rings. The highest BCUT2D eigenvalue weighted by atomic mass is 35.5. The van der Waals surface area contributed by atoms with E-state index >= 15 is 0 Å². The monoisotopic (exact) mass is 324 g/mol. The van der Waals surface area contributed by atoms with Crippen molar-refractivity contribution >= 4 is 34.6 Å². The maximum atomic E-state index is 11.8. The standard InChI is InChI=1S/C17H13ClN4O/c1-11-5-4-6-12-9-13(16(18)21-15(11)12)10-20-22-17(23)14-7-2-3-8-19-14/h2-10H,1H3,(H,22,23)/b20-10-. The Hall–Kier alpha value is -2.79. The van der Waals surface area contributed by atoms with Crippen molar-refractivity contribution in [3.05, 3.63) is 70.6 Å². The predicted molar refractivity (Wildman–Crippen MR) is 90.8 cm³/mol. The summed E-state index contributed by atoms with van der Waals surface area (Å²) in [6.45, 7) is 1.98. The Morgan fingerprint density at radius 1 is 1.26 bits per heavy atom. The average molecular weight is 325 g/mol. The van der Waals surface area contributed by atoms with E-state index in [2.05, 4.69) is 20.5 Å². The highest BCUT2D eigenvalue weighted by Crippen LogP contribution is 2.21. The quantitative estimate of drug-likeness (QED) is 0.456. The van der Waals surface area contributed by atoms with Gasteiger partial charge in [0.05, 0.1) is 11.7 Å². The summed E-state index contributed by atoms with van der Waals surface area (Å²) in [7, 11) is 0. The smallest absolute Gasteiger partial charge is 0.266 e. The zero-order chi connectivity index (χ0) is 16.2. The number of pyridine rings is 2. The van der Waals surface area contributed by atoms with Gasteiger partial charge in [-0.1, -0.05) is 35.9 Å². The highest BCUT2D eigenvalue weighted by molar-refractivity contribution is 6.32. The van der Waals surface area contributed by atoms with E-state index in [1.807, 2.05) is 31.2 Å². The van der Waals surface area contributed by atoms with Crippen LogP contribution < -0.4 is 5.43 Å². The van der Waals surface area contributed by atoms with Gasteiger partial charge in [0.2, 0.25) is 0 Å². The number of aromatic nitrogens is 2. The number of aryl methyl sites for hydroxylation is 1. The lowest BCUT2D eigenvalue weighted by Crippen LogP contribution is -2.18. The summed E-state index contributed by atoms with van der Waals surface area (Å²) in [5.74, 6) is -0.387. The molecule has 1 aromatic carbocycles. The first-order valence-corrected chi connectivity index (χ1v) is 7.33. The van der Waals surface area contributed by atoms with Crippen LogP contribution in [0.5, 0.6) is 0 Å². The zero-order valence-corrected chi connectivity index (χ0v) is 13.1. The van der Waals surface area contributed by atoms with Crippen LogP contribution in [0.1, 0.15) is 21.6 Å². The number of fused-ring (bicyclic) bond motifs is 1. The Kier molecular flexibility index (Phi) is 4.30. The minimum atomic E-state index is -0.387. The molecule has 0 atom stereocenters. The summed E-state index contributed by atoms with van der Waals surface area (Å²) in [5.41, 5.74) is 5.25. The first kappa shape index (κ1) is 15.1. The fourth-order valence-corrected chi connectivity index (χ4v) is 2.33. The van der Waals surface area contributed by atoms with E-state index in [9.17, 15) is 4.79 Å². The van der Waals surface area contributed by atoms with E-state index in [1.54, 1.807) is 24.4 Å². The molecule has 0 radical (unpaired) electrons. The number of nitrogens with one attached hydrogen (secondary N) is 1. The van der Waals surface area contributed by atoms with Gasteiger partial charge in [0.25, 0.3) is 5.91 Å². The molecule has 0 aliphatic carbocycles. The van der Waals surface area contributed by atoms with Crippen molar-refractivity contribution in [2.75, 3.05) is 0 Å². The molecule has 3 aromatic rings. The van der Waals surface area contributed by atoms with Crippen LogP contribution in [0.3, 0.4) is 0 Å². The summed E-state index contributed by atoms with van der Waals surface area (Å²) < 4.78 is 0. The topological polar surface area (TPSA) is 67.2 Å². The van der Waals surface area contributed by atoms with Crippen LogP contribution >= 0.6 is 11.6 Å². The van der Waals surface area contributed by atoms with Gasteiger partial charge in [-0.05, 0) is 30.7 Å². The molecule has 3 rings (SSSR count). The van der Waals surface area contributed by atoms with E-state index < -0.39 is 0 Å². The summed E-state index contributed by atoms with van der Waals surface area (Å²) >= 11 is 6.18. The molecular formula is C17H13ClN4O. The van der Waals surface area contributed by atoms with Crippen molar-refractivity contribution < 1.29 is 4.79 Å². The summed E-state index contributed by atoms with van der Waals surface area (Å²) in [6, 6.07) is 12.9. The van der Waals surface area contributed by atoms with Crippen LogP contribution in [0.2, 0.25) is 5.15 Å². The summed E-state index contributed by atoms with van der Waals surface area (Å²) in [6.07, 6.45) is 3.02. The number of nitrogens with zero attached hydrogens (tertiary/aromatic N) is 3. The number of hydrogen-bond donors (Lipinski definition) is 1. The number of carbonyl (C=O) groups is 1. The van der Waals surface area contributed by atoms with Gasteiger partial charge in [-0.2, -0.15) is 5.10 Å². The lowest BCUT2D eigenvalue weighted by atomic mass is 10.1. The normalized spacial score (nSPS) is 11.0. The van der Waals surface area contributed by atoms with Crippen molar-refractivity contribution in [1.82, 2.24) is 15.4 Å². The molecule has 0 unspecified atom stereocenters. The van der Waals surface area contributed by atoms with Crippen molar-refractivity contribution in [2.24, 2.45) is 5.10 Å². The van der Waals surface area contributed by atoms with Gasteiger partial charge in [-0.25, -0.2) is 10.4 Å². The van der Waals surface area contributed by atoms with Gasteiger partial charge < -0.3 is 0 Å². The van der Waals surface area contributed by atoms with Gasteiger partial charge in [0.15, 0.2) is 0 Å². The Labute approximate surface area is 138 Å². The largest absolute Gasteiger partial charge is 0.289 e. The van der Waals surface area contributed by atoms with Crippen molar-refractivity contribution in [1.29, 1.82) is 0 Å². The Bertz CT molecular complexity index is 894. The first-order valence-electron chi connectivity index (χ1n) is 6.95. The molecule has 0 aliphatic rings. The van der Waals surface area contributed by atoms with Gasteiger partial charge in [-0.3, -0.25) is 9.78 Å². The van der Waals surface area contributed by atoms with Crippen molar-refractivity contribution in [3.8, 4) is 0 Å². The molecule has 6 heteroatoms. The molecule has 0 aliphatic heterocycles. The molecule has 0 spiro atoms. The van der Waals surface area contributed by atoms with Crippen LogP contribution in [0.25, 0.3) is 10.9 Å². The molecule has 0 bridgehead atoms. The van der Waals surface area contributed by atoms with E-state index in [-0.39, 0.29) is 5.91 Å². The second-order valence-electron chi connectivity index (χ2n) is 4.93. The number of hydrazone groups is 1. The SMILES string of the molecule is Cc1cccc2cc(/C=N\NC(=O)c3ccccn3)c(Cl)nc12. The summed E-state index contributed by atoms with van der Waals surface area (Å²) in [4.78, 5) is 20.2. The molecule has 1 N–H and O–H groups in total. The maximum absolute atomic E-state index is 11.8. The van der Waals surface area contributed by atoms with E-state index in [4.69, 9.17) is 11.6 Å². The molecular weight excluding hydrogens is 312 g/mol. The van der Waals surface area contributed by atoms with Gasteiger partial charge >= 0.3 is 0 Å². The third kappa shape index (κ3) is 3.35. The third-order valence-corrected chi connectivity index (χ3v) is 3.60. The number of hydrogen-bond acceptors (Lipinski definition) is 4. The number of carbonyl (C=O) groups excluding carboxylic acids is 1. The van der Waals surface area contributed by atoms with Gasteiger partial charge in [0, 0.05) is 17.1 Å². The molecule has 114 valence electrons. The van der Waals surface area contributed by atoms with E-state index in [0.29, 0.717) is 16.4 Å². The van der Waals surface area contributed by atoms with Crippen LogP contribution in [-0.2, 0) is 0 Å². The molecule has 23 heavy (non-hydrogen) atoms. The minimum absolute atomic E-state index is 0.294. The number of amides is 1. The maximum Gasteiger partial charge on any atom is 0.289 e. The fourth-order valence-electron chi connectivity index (χ4n) is 2.15. The van der Waals surface area contributed by atoms with Gasteiger partial charge in [-0.15, -0.1) is 0 Å². The lowest BCUT2D eigenvalue weighted by Gasteiger charge is -2.04. The van der Waals surface area contributed by atoms with Crippen molar-refractivity contribution in [3.63, 3.8) is 0 Å². The number of rotatable bonds is 3. The van der Waals surface area contributed by atoms with Gasteiger partial charge in [0.1, 0.15) is 10.8 Å². The van der Waals surface area contributed by atoms with Crippen LogP contribution in [0.4, 0.5) is 0 Å². The number of halogens is 1. The molecule has 0 saturated carbocycles. The molecule has 0 saturated heterocycles. The fraction of sp³-hybridized carbons (Fsp3) is 0.0588. The average Bonchev–Trinajstić information content (AvgIpc) is 2.57. The first-order chi connectivity index (χ1) is 11.1. The second kappa shape index (κ2) is 6.54. The molecule has 2 aromatic heterocycles. The Morgan fingerprint density at radius 2 is 2.13 bits per heavy atom. The summed E-state index contributed by atoms with van der Waals surface area (Å²) in [5, 5.41) is 5.22. The highest BCUT2D eigenvalue weighted by Gasteiger charge is 2.06. The lowest BCUT2D eigenvalue weighted by molar-refractivity contribution is 0.0950. The number of benzene rings is 1. The van der Waals surface area contributed by atoms with E-state index in [0.717, 1.165) is 16.5 Å². The van der Waals surface area contributed by atoms with Crippen molar-refractivity contribution in [2.45, 2.75) is 6.92 Å². The molecule has 1 amide bonds. The predicted octanol–water partition coefficient (Wildman–Crippen LogP) is 3.36.